The normalized spacial score (nSPS) is 14.5. The lowest BCUT2D eigenvalue weighted by Gasteiger charge is -1.81. The van der Waals surface area contributed by atoms with E-state index in [4.69, 9.17) is 5.73 Å². The Bertz CT molecular complexity index is 50.5. The van der Waals surface area contributed by atoms with E-state index in [0.717, 1.165) is 0 Å². The fourth-order valence-electron chi connectivity index (χ4n) is 0.884. The number of hydrogen-bond acceptors (Lipinski definition) is 2. The fraction of sp³-hybridized carbons (Fsp3) is 1.00. The Labute approximate surface area is 77.5 Å². The Kier molecular flexibility index (Phi) is 16.3. The van der Waals surface area contributed by atoms with Gasteiger partial charge in [0, 0.05) is 14.2 Å². The van der Waals surface area contributed by atoms with Gasteiger partial charge in [0.2, 0.25) is 0 Å². The Morgan fingerprint density at radius 3 is 1.08 bits per heavy atom. The highest BCUT2D eigenvalue weighted by molar-refractivity contribution is 4.51. The van der Waals surface area contributed by atoms with E-state index >= 15 is 0 Å². The van der Waals surface area contributed by atoms with Crippen LogP contribution in [0.1, 0.15) is 46.0 Å². The van der Waals surface area contributed by atoms with Crippen molar-refractivity contribution >= 4 is 0 Å². The Morgan fingerprint density at radius 1 is 0.917 bits per heavy atom. The van der Waals surface area contributed by atoms with Gasteiger partial charge >= 0.3 is 0 Å². The molecule has 0 spiro atoms. The smallest absolute Gasteiger partial charge is 0.0351 e. The van der Waals surface area contributed by atoms with Crippen LogP contribution in [-0.2, 0) is 4.74 Å². The third-order valence-electron chi connectivity index (χ3n) is 1.25. The molecular formula is C10H25NO. The highest BCUT2D eigenvalue weighted by Gasteiger charge is 1.95. The molecule has 0 aromatic heterocycles. The third-order valence-corrected chi connectivity index (χ3v) is 1.25. The van der Waals surface area contributed by atoms with E-state index in [-0.39, 0.29) is 0 Å². The minimum atomic E-state index is 0.333. The Balaban J connectivity index is 0. The molecular weight excluding hydrogens is 150 g/mol. The van der Waals surface area contributed by atoms with E-state index in [2.05, 4.69) is 4.74 Å². The van der Waals surface area contributed by atoms with Crippen LogP contribution < -0.4 is 5.73 Å². The zero-order chi connectivity index (χ0) is 9.82. The minimum Gasteiger partial charge on any atom is -0.388 e. The van der Waals surface area contributed by atoms with Crippen LogP contribution in [0.15, 0.2) is 0 Å². The van der Waals surface area contributed by atoms with Crippen molar-refractivity contribution in [1.82, 2.24) is 0 Å². The summed E-state index contributed by atoms with van der Waals surface area (Å²) in [5.41, 5.74) is 5.11. The van der Waals surface area contributed by atoms with Gasteiger partial charge in [0.05, 0.1) is 0 Å². The van der Waals surface area contributed by atoms with Crippen molar-refractivity contribution in [2.75, 3.05) is 14.2 Å². The number of nitrogens with two attached hydrogens (primary N) is 1. The summed E-state index contributed by atoms with van der Waals surface area (Å²) in [6.45, 7) is 3.89. The van der Waals surface area contributed by atoms with Crippen LogP contribution in [0.2, 0.25) is 0 Å². The van der Waals surface area contributed by atoms with Gasteiger partial charge in [0.1, 0.15) is 0 Å². The van der Waals surface area contributed by atoms with Gasteiger partial charge in [-0.3, -0.25) is 0 Å². The molecule has 0 radical (unpaired) electrons. The summed E-state index contributed by atoms with van der Waals surface area (Å²) in [5, 5.41) is 0. The monoisotopic (exact) mass is 175 g/mol. The molecule has 0 aliphatic heterocycles. The van der Waals surface area contributed by atoms with Crippen LogP contribution in [0.5, 0.6) is 0 Å². The highest BCUT2D eigenvalue weighted by atomic mass is 16.4. The highest BCUT2D eigenvalue weighted by Crippen LogP contribution is 2.15. The average molecular weight is 175 g/mol. The number of ether oxygens (including phenoxy) is 1. The lowest BCUT2D eigenvalue weighted by molar-refractivity contribution is 0.277. The number of hydrogen-bond donors (Lipinski definition) is 1. The van der Waals surface area contributed by atoms with Crippen LogP contribution in [0, 0.1) is 0 Å². The standard InChI is InChI=1S/C5H10.C3H9N.C2H6O/c1-2-4-5-3-1;1-3(2)4;1-3-2/h1-5H2;3H,4H2,1-2H3;1-2H3. The molecule has 0 aromatic rings. The zero-order valence-electron chi connectivity index (χ0n) is 9.10. The largest absolute Gasteiger partial charge is 0.388 e. The van der Waals surface area contributed by atoms with Gasteiger partial charge in [-0.05, 0) is 6.04 Å². The van der Waals surface area contributed by atoms with E-state index in [0.29, 0.717) is 6.04 Å². The quantitative estimate of drug-likeness (QED) is 0.614. The van der Waals surface area contributed by atoms with Crippen molar-refractivity contribution in [2.24, 2.45) is 5.73 Å². The summed E-state index contributed by atoms with van der Waals surface area (Å²) in [7, 11) is 3.25. The predicted octanol–water partition coefficient (Wildman–Crippen LogP) is 2.57. The predicted molar refractivity (Wildman–Crippen MR) is 55.3 cm³/mol. The minimum absolute atomic E-state index is 0.333. The molecule has 2 N–H and O–H groups in total. The van der Waals surface area contributed by atoms with Gasteiger partial charge < -0.3 is 10.5 Å². The van der Waals surface area contributed by atoms with Crippen LogP contribution in [0.25, 0.3) is 0 Å². The molecule has 0 unspecified atom stereocenters. The first-order valence-electron chi connectivity index (χ1n) is 4.80. The second-order valence-corrected chi connectivity index (χ2v) is 3.42. The molecule has 0 atom stereocenters. The SMILES string of the molecule is C1CCCC1.CC(C)N.COC. The molecule has 0 saturated heterocycles. The Morgan fingerprint density at radius 2 is 1.00 bits per heavy atom. The van der Waals surface area contributed by atoms with Crippen molar-refractivity contribution in [1.29, 1.82) is 0 Å². The molecule has 0 heterocycles. The van der Waals surface area contributed by atoms with Gasteiger partial charge in [-0.2, -0.15) is 0 Å². The Hall–Kier alpha value is -0.0800. The molecule has 12 heavy (non-hydrogen) atoms. The fourth-order valence-corrected chi connectivity index (χ4v) is 0.884. The molecule has 1 fully saturated rings. The van der Waals surface area contributed by atoms with Crippen LogP contribution >= 0.6 is 0 Å². The first kappa shape index (κ1) is 14.4. The summed E-state index contributed by atoms with van der Waals surface area (Å²) < 4.78 is 4.25. The van der Waals surface area contributed by atoms with Crippen molar-refractivity contribution in [3.05, 3.63) is 0 Å². The topological polar surface area (TPSA) is 35.2 Å². The van der Waals surface area contributed by atoms with Crippen molar-refractivity contribution in [3.8, 4) is 0 Å². The average Bonchev–Trinajstić information content (AvgIpc) is 2.40. The molecule has 1 aliphatic carbocycles. The number of rotatable bonds is 0. The second kappa shape index (κ2) is 13.5. The second-order valence-electron chi connectivity index (χ2n) is 3.42. The van der Waals surface area contributed by atoms with Crippen LogP contribution in [-0.4, -0.2) is 20.3 Å². The lowest BCUT2D eigenvalue weighted by Crippen LogP contribution is -2.06. The van der Waals surface area contributed by atoms with E-state index in [1.54, 1.807) is 14.2 Å². The maximum absolute atomic E-state index is 5.11. The van der Waals surface area contributed by atoms with Crippen molar-refractivity contribution in [2.45, 2.75) is 52.0 Å². The van der Waals surface area contributed by atoms with Crippen molar-refractivity contribution in [3.63, 3.8) is 0 Å². The molecule has 76 valence electrons. The summed E-state index contributed by atoms with van der Waals surface area (Å²) in [5.74, 6) is 0. The van der Waals surface area contributed by atoms with E-state index in [1.807, 2.05) is 13.8 Å². The van der Waals surface area contributed by atoms with Gasteiger partial charge in [0.25, 0.3) is 0 Å². The van der Waals surface area contributed by atoms with E-state index in [9.17, 15) is 0 Å². The molecule has 0 amide bonds. The lowest BCUT2D eigenvalue weighted by atomic mass is 10.4. The molecule has 1 aliphatic rings. The zero-order valence-corrected chi connectivity index (χ0v) is 9.10. The molecule has 2 heteroatoms. The van der Waals surface area contributed by atoms with Gasteiger partial charge in [-0.1, -0.05) is 46.0 Å². The number of methoxy groups -OCH3 is 1. The van der Waals surface area contributed by atoms with E-state index < -0.39 is 0 Å². The van der Waals surface area contributed by atoms with Crippen LogP contribution in [0.4, 0.5) is 0 Å². The first-order valence-corrected chi connectivity index (χ1v) is 4.80. The maximum atomic E-state index is 5.11. The first-order chi connectivity index (χ1) is 5.65. The van der Waals surface area contributed by atoms with Gasteiger partial charge in [-0.15, -0.1) is 0 Å². The summed E-state index contributed by atoms with van der Waals surface area (Å²) in [6, 6.07) is 0.333. The van der Waals surface area contributed by atoms with Crippen molar-refractivity contribution < 1.29 is 4.74 Å². The van der Waals surface area contributed by atoms with Crippen LogP contribution in [0.3, 0.4) is 0 Å². The molecule has 0 aromatic carbocycles. The summed E-state index contributed by atoms with van der Waals surface area (Å²) >= 11 is 0. The maximum Gasteiger partial charge on any atom is 0.0351 e. The molecule has 2 nitrogen and oxygen atoms in total. The molecule has 1 saturated carbocycles. The van der Waals surface area contributed by atoms with Gasteiger partial charge in [0.15, 0.2) is 0 Å². The van der Waals surface area contributed by atoms with E-state index in [1.165, 1.54) is 32.1 Å². The molecule has 0 bridgehead atoms. The van der Waals surface area contributed by atoms with Gasteiger partial charge in [-0.25, -0.2) is 0 Å². The third kappa shape index (κ3) is 32.6. The summed E-state index contributed by atoms with van der Waals surface area (Å²) in [6.07, 6.45) is 7.50. The summed E-state index contributed by atoms with van der Waals surface area (Å²) in [4.78, 5) is 0. The molecule has 1 rings (SSSR count).